The van der Waals surface area contributed by atoms with Crippen LogP contribution in [0.5, 0.6) is 0 Å². The second kappa shape index (κ2) is 10.3. The van der Waals surface area contributed by atoms with Gasteiger partial charge in [-0.05, 0) is 39.4 Å². The number of nitrogens with one attached hydrogen (secondary N) is 3. The molecule has 0 bridgehead atoms. The molecule has 1 aromatic carbocycles. The van der Waals surface area contributed by atoms with E-state index in [-0.39, 0.29) is 29.4 Å². The Labute approximate surface area is 210 Å². The molecule has 0 aliphatic carbocycles. The van der Waals surface area contributed by atoms with E-state index in [0.717, 1.165) is 6.07 Å². The SMILES string of the molecule is C[C@@H]1CN(c2cc(F)c(C3=CCNCC3)c(F)c2NC(=O)c2c[nH]c(=O)cc2C(F)(F)F)C[C@H](C)N1C. The number of likely N-dealkylation sites (N-methyl/N-ethyl adjacent to an activating group) is 1. The van der Waals surface area contributed by atoms with Crippen molar-refractivity contribution in [3.8, 4) is 0 Å². The number of aromatic amines is 1. The summed E-state index contributed by atoms with van der Waals surface area (Å²) in [5, 5.41) is 5.33. The number of carbonyl (C=O) groups excluding carboxylic acids is 1. The second-order valence-corrected chi connectivity index (χ2v) is 9.47. The molecule has 4 rings (SSSR count). The summed E-state index contributed by atoms with van der Waals surface area (Å²) in [5.74, 6) is -3.16. The molecule has 1 aromatic heterocycles. The fraction of sp³-hybridized carbons (Fsp3) is 0.440. The van der Waals surface area contributed by atoms with Crippen LogP contribution >= 0.6 is 0 Å². The Bertz CT molecular complexity index is 1280. The molecule has 0 radical (unpaired) electrons. The Balaban J connectivity index is 1.84. The number of aromatic nitrogens is 1. The van der Waals surface area contributed by atoms with Crippen molar-refractivity contribution in [3.63, 3.8) is 0 Å². The molecule has 2 aromatic rings. The summed E-state index contributed by atoms with van der Waals surface area (Å²) in [4.78, 5) is 30.5. The molecule has 0 spiro atoms. The minimum Gasteiger partial charge on any atom is -0.367 e. The van der Waals surface area contributed by atoms with E-state index in [1.807, 2.05) is 20.9 Å². The molecule has 1 amide bonds. The van der Waals surface area contributed by atoms with Gasteiger partial charge in [-0.1, -0.05) is 6.08 Å². The van der Waals surface area contributed by atoms with E-state index in [1.54, 1.807) is 11.0 Å². The summed E-state index contributed by atoms with van der Waals surface area (Å²) in [6.07, 6.45) is -2.39. The van der Waals surface area contributed by atoms with Gasteiger partial charge < -0.3 is 20.5 Å². The van der Waals surface area contributed by atoms with Crippen LogP contribution in [0.15, 0.2) is 29.2 Å². The highest BCUT2D eigenvalue weighted by Crippen LogP contribution is 2.39. The van der Waals surface area contributed by atoms with Crippen LogP contribution in [0, 0.1) is 11.6 Å². The van der Waals surface area contributed by atoms with E-state index in [1.165, 1.54) is 0 Å². The van der Waals surface area contributed by atoms with Crippen LogP contribution in [0.25, 0.3) is 5.57 Å². The first kappa shape index (κ1) is 26.8. The smallest absolute Gasteiger partial charge is 0.367 e. The highest BCUT2D eigenvalue weighted by atomic mass is 19.4. The van der Waals surface area contributed by atoms with Crippen LogP contribution in [0.3, 0.4) is 0 Å². The Morgan fingerprint density at radius 1 is 1.14 bits per heavy atom. The number of anilines is 2. The van der Waals surface area contributed by atoms with Crippen molar-refractivity contribution in [2.75, 3.05) is 43.4 Å². The summed E-state index contributed by atoms with van der Waals surface area (Å²) < 4.78 is 72.2. The molecule has 1 saturated heterocycles. The van der Waals surface area contributed by atoms with Gasteiger partial charge in [0.1, 0.15) is 11.5 Å². The molecule has 200 valence electrons. The van der Waals surface area contributed by atoms with Gasteiger partial charge in [0, 0.05) is 50.0 Å². The maximum atomic E-state index is 16.0. The zero-order valence-corrected chi connectivity index (χ0v) is 20.6. The standard InChI is InChI=1S/C25H28F5N5O2/c1-13-11-35(12-14(2)34(13)3)19-9-18(26)21(15-4-6-31-7-5-15)22(27)23(19)33-24(37)16-10-32-20(36)8-17(16)25(28,29)30/h4,8-10,13-14,31H,5-7,11-12H2,1-3H3,(H,32,36)(H,33,37)/t13-,14+. The lowest BCUT2D eigenvalue weighted by atomic mass is 9.96. The van der Waals surface area contributed by atoms with Gasteiger partial charge in [0.2, 0.25) is 5.56 Å². The highest BCUT2D eigenvalue weighted by molar-refractivity contribution is 6.07. The van der Waals surface area contributed by atoms with Crippen LogP contribution in [0.4, 0.5) is 33.3 Å². The number of carbonyl (C=O) groups is 1. The minimum absolute atomic E-state index is 0.00117. The van der Waals surface area contributed by atoms with Gasteiger partial charge in [0.05, 0.1) is 22.4 Å². The van der Waals surface area contributed by atoms with Crippen LogP contribution < -0.4 is 21.1 Å². The van der Waals surface area contributed by atoms with Crippen molar-refractivity contribution >= 4 is 22.9 Å². The molecular weight excluding hydrogens is 497 g/mol. The molecular formula is C25H28F5N5O2. The van der Waals surface area contributed by atoms with Crippen LogP contribution in [0.2, 0.25) is 0 Å². The maximum absolute atomic E-state index is 16.0. The molecule has 3 heterocycles. The predicted octanol–water partition coefficient (Wildman–Crippen LogP) is 3.83. The Hall–Kier alpha value is -3.25. The first-order chi connectivity index (χ1) is 17.4. The summed E-state index contributed by atoms with van der Waals surface area (Å²) in [5.41, 5.74) is -3.69. The average Bonchev–Trinajstić information content (AvgIpc) is 2.83. The van der Waals surface area contributed by atoms with E-state index >= 15 is 8.78 Å². The third kappa shape index (κ3) is 5.40. The maximum Gasteiger partial charge on any atom is 0.417 e. The first-order valence-corrected chi connectivity index (χ1v) is 11.9. The van der Waals surface area contributed by atoms with Gasteiger partial charge in [0.15, 0.2) is 5.82 Å². The number of nitrogens with zero attached hydrogens (tertiary/aromatic N) is 2. The van der Waals surface area contributed by atoms with Gasteiger partial charge >= 0.3 is 6.18 Å². The molecule has 37 heavy (non-hydrogen) atoms. The van der Waals surface area contributed by atoms with E-state index in [9.17, 15) is 22.8 Å². The Morgan fingerprint density at radius 2 is 1.81 bits per heavy atom. The lowest BCUT2D eigenvalue weighted by molar-refractivity contribution is -0.138. The van der Waals surface area contributed by atoms with Gasteiger partial charge in [-0.2, -0.15) is 13.2 Å². The fourth-order valence-electron chi connectivity index (χ4n) is 4.79. The van der Waals surface area contributed by atoms with Crippen molar-refractivity contribution in [1.82, 2.24) is 15.2 Å². The van der Waals surface area contributed by atoms with Gasteiger partial charge in [-0.15, -0.1) is 0 Å². The van der Waals surface area contributed by atoms with Crippen LogP contribution in [0.1, 0.15) is 41.8 Å². The largest absolute Gasteiger partial charge is 0.417 e. The highest BCUT2D eigenvalue weighted by Gasteiger charge is 2.37. The molecule has 7 nitrogen and oxygen atoms in total. The monoisotopic (exact) mass is 525 g/mol. The van der Waals surface area contributed by atoms with Crippen molar-refractivity contribution in [2.45, 2.75) is 38.5 Å². The molecule has 0 saturated carbocycles. The summed E-state index contributed by atoms with van der Waals surface area (Å²) in [6.45, 7) is 5.53. The van der Waals surface area contributed by atoms with Crippen molar-refractivity contribution in [1.29, 1.82) is 0 Å². The van der Waals surface area contributed by atoms with Crippen molar-refractivity contribution in [2.24, 2.45) is 0 Å². The topological polar surface area (TPSA) is 80.5 Å². The van der Waals surface area contributed by atoms with Crippen LogP contribution in [-0.2, 0) is 6.18 Å². The number of piperazine rings is 1. The molecule has 1 fully saturated rings. The van der Waals surface area contributed by atoms with Gasteiger partial charge in [-0.25, -0.2) is 8.78 Å². The molecule has 12 heteroatoms. The molecule has 0 unspecified atom stereocenters. The number of pyridine rings is 1. The normalized spacial score (nSPS) is 21.1. The number of amides is 1. The van der Waals surface area contributed by atoms with Gasteiger partial charge in [-0.3, -0.25) is 14.5 Å². The number of halogens is 5. The third-order valence-corrected chi connectivity index (χ3v) is 7.00. The average molecular weight is 526 g/mol. The summed E-state index contributed by atoms with van der Waals surface area (Å²) in [7, 11) is 1.93. The lowest BCUT2D eigenvalue weighted by Gasteiger charge is -2.44. The van der Waals surface area contributed by atoms with Crippen molar-refractivity contribution < 1.29 is 26.7 Å². The second-order valence-electron chi connectivity index (χ2n) is 9.47. The first-order valence-electron chi connectivity index (χ1n) is 11.9. The number of alkyl halides is 3. The summed E-state index contributed by atoms with van der Waals surface area (Å²) >= 11 is 0. The number of hydrogen-bond donors (Lipinski definition) is 3. The van der Waals surface area contributed by atoms with E-state index in [4.69, 9.17) is 0 Å². The number of hydrogen-bond acceptors (Lipinski definition) is 5. The molecule has 3 N–H and O–H groups in total. The molecule has 2 aliphatic heterocycles. The van der Waals surface area contributed by atoms with E-state index < -0.39 is 46.1 Å². The van der Waals surface area contributed by atoms with Gasteiger partial charge in [0.25, 0.3) is 5.91 Å². The Morgan fingerprint density at radius 3 is 2.41 bits per heavy atom. The lowest BCUT2D eigenvalue weighted by Crippen LogP contribution is -2.55. The minimum atomic E-state index is -5.00. The van der Waals surface area contributed by atoms with Crippen LogP contribution in [-0.4, -0.2) is 61.1 Å². The molecule has 2 aliphatic rings. The van der Waals surface area contributed by atoms with E-state index in [2.05, 4.69) is 20.5 Å². The van der Waals surface area contributed by atoms with E-state index in [0.29, 0.717) is 44.4 Å². The van der Waals surface area contributed by atoms with Crippen molar-refractivity contribution in [3.05, 3.63) is 63.1 Å². The predicted molar refractivity (Wildman–Crippen MR) is 131 cm³/mol. The fourth-order valence-corrected chi connectivity index (χ4v) is 4.79. The third-order valence-electron chi connectivity index (χ3n) is 7.00. The molecule has 2 atom stereocenters. The number of benzene rings is 1. The zero-order valence-electron chi connectivity index (χ0n) is 20.6. The summed E-state index contributed by atoms with van der Waals surface area (Å²) in [6, 6.07) is 1.40. The number of rotatable bonds is 4. The zero-order chi connectivity index (χ0) is 27.1. The quantitative estimate of drug-likeness (QED) is 0.529. The Kier molecular flexibility index (Phi) is 7.43. The number of H-pyrrole nitrogens is 1.